The molecule has 0 fully saturated rings. The number of H-pyrrole nitrogens is 1. The fraction of sp³-hybridized carbons (Fsp3) is 0.280. The van der Waals surface area contributed by atoms with Crippen molar-refractivity contribution in [2.45, 2.75) is 19.4 Å². The standard InChI is InChI=1S/C25H24F2N4O2/c26-18-6-5-15(11-19(18)27)12-21-25-24(16-3-1-2-4-20(16)30-25)17-7-9-31(14-22(17)29-21)23(33)13-28-8-10-32/h1-6,11,28,30,32H,7-10,12-14H2. The van der Waals surface area contributed by atoms with Crippen LogP contribution < -0.4 is 5.32 Å². The minimum Gasteiger partial charge on any atom is -0.395 e. The molecule has 0 saturated carbocycles. The maximum absolute atomic E-state index is 13.8. The Morgan fingerprint density at radius 2 is 2.03 bits per heavy atom. The summed E-state index contributed by atoms with van der Waals surface area (Å²) in [6.45, 7) is 1.47. The van der Waals surface area contributed by atoms with E-state index >= 15 is 0 Å². The number of halogens is 2. The molecule has 3 N–H and O–H groups in total. The van der Waals surface area contributed by atoms with Crippen LogP contribution in [-0.2, 0) is 24.2 Å². The number of carbonyl (C=O) groups excluding carboxylic acids is 1. The highest BCUT2D eigenvalue weighted by Gasteiger charge is 2.26. The molecule has 1 aliphatic heterocycles. The maximum atomic E-state index is 13.8. The second kappa shape index (κ2) is 8.88. The largest absolute Gasteiger partial charge is 0.395 e. The summed E-state index contributed by atoms with van der Waals surface area (Å²) < 4.78 is 27.3. The summed E-state index contributed by atoms with van der Waals surface area (Å²) in [5, 5.41) is 14.0. The minimum atomic E-state index is -0.884. The lowest BCUT2D eigenvalue weighted by atomic mass is 9.96. The molecule has 0 bridgehead atoms. The number of aliphatic hydroxyl groups excluding tert-OH is 1. The number of aromatic amines is 1. The summed E-state index contributed by atoms with van der Waals surface area (Å²) in [5.41, 5.74) is 5.18. The molecule has 0 unspecified atom stereocenters. The lowest BCUT2D eigenvalue weighted by Gasteiger charge is -2.29. The van der Waals surface area contributed by atoms with Gasteiger partial charge in [0.15, 0.2) is 11.6 Å². The second-order valence-electron chi connectivity index (χ2n) is 8.30. The zero-order chi connectivity index (χ0) is 22.9. The number of aliphatic hydroxyl groups is 1. The molecule has 5 rings (SSSR count). The van der Waals surface area contributed by atoms with E-state index in [-0.39, 0.29) is 19.1 Å². The third-order valence-corrected chi connectivity index (χ3v) is 6.16. The third-order valence-electron chi connectivity index (χ3n) is 6.16. The van der Waals surface area contributed by atoms with Crippen LogP contribution in [0.15, 0.2) is 42.5 Å². The first-order valence-corrected chi connectivity index (χ1v) is 11.0. The van der Waals surface area contributed by atoms with Gasteiger partial charge in [0, 0.05) is 35.8 Å². The Balaban J connectivity index is 1.57. The van der Waals surface area contributed by atoms with Crippen LogP contribution >= 0.6 is 0 Å². The third kappa shape index (κ3) is 4.07. The summed E-state index contributed by atoms with van der Waals surface area (Å²) in [4.78, 5) is 22.8. The van der Waals surface area contributed by atoms with Crippen LogP contribution in [0.2, 0.25) is 0 Å². The Labute approximate surface area is 189 Å². The van der Waals surface area contributed by atoms with Crippen LogP contribution in [0.25, 0.3) is 21.8 Å². The van der Waals surface area contributed by atoms with Gasteiger partial charge in [-0.3, -0.25) is 9.78 Å². The smallest absolute Gasteiger partial charge is 0.236 e. The van der Waals surface area contributed by atoms with E-state index in [9.17, 15) is 13.6 Å². The SMILES string of the molecule is O=C(CNCCO)N1CCc2c(nc(Cc3ccc(F)c(F)c3)c3[nH]c4ccccc4c23)C1. The van der Waals surface area contributed by atoms with E-state index < -0.39 is 11.6 Å². The molecule has 33 heavy (non-hydrogen) atoms. The summed E-state index contributed by atoms with van der Waals surface area (Å²) in [6.07, 6.45) is 1.01. The number of amides is 1. The normalized spacial score (nSPS) is 13.6. The van der Waals surface area contributed by atoms with Gasteiger partial charge in [-0.05, 0) is 35.7 Å². The van der Waals surface area contributed by atoms with Gasteiger partial charge in [0.1, 0.15) is 0 Å². The predicted octanol–water partition coefficient (Wildman–Crippen LogP) is 3.05. The molecule has 1 amide bonds. The molecule has 3 heterocycles. The van der Waals surface area contributed by atoms with Crippen molar-refractivity contribution < 1.29 is 18.7 Å². The average molecular weight is 450 g/mol. The number of hydrogen-bond donors (Lipinski definition) is 3. The van der Waals surface area contributed by atoms with Crippen molar-refractivity contribution in [2.75, 3.05) is 26.2 Å². The van der Waals surface area contributed by atoms with Gasteiger partial charge in [-0.25, -0.2) is 8.78 Å². The zero-order valence-electron chi connectivity index (χ0n) is 18.0. The van der Waals surface area contributed by atoms with Gasteiger partial charge in [-0.1, -0.05) is 24.3 Å². The van der Waals surface area contributed by atoms with E-state index in [0.717, 1.165) is 44.8 Å². The van der Waals surface area contributed by atoms with Crippen molar-refractivity contribution in [3.05, 3.63) is 76.6 Å². The molecule has 1 aliphatic rings. The number of benzene rings is 2. The first kappa shape index (κ1) is 21.5. The number of nitrogens with zero attached hydrogens (tertiary/aromatic N) is 2. The Morgan fingerprint density at radius 1 is 1.18 bits per heavy atom. The van der Waals surface area contributed by atoms with E-state index in [1.54, 1.807) is 11.0 Å². The van der Waals surface area contributed by atoms with E-state index in [1.165, 1.54) is 6.07 Å². The highest BCUT2D eigenvalue weighted by molar-refractivity contribution is 6.10. The van der Waals surface area contributed by atoms with Gasteiger partial charge in [0.2, 0.25) is 5.91 Å². The summed E-state index contributed by atoms with van der Waals surface area (Å²) in [6, 6.07) is 11.9. The lowest BCUT2D eigenvalue weighted by Crippen LogP contribution is -2.42. The Kier molecular flexibility index (Phi) is 5.78. The van der Waals surface area contributed by atoms with Crippen molar-refractivity contribution in [3.63, 3.8) is 0 Å². The zero-order valence-corrected chi connectivity index (χ0v) is 18.0. The Hall–Kier alpha value is -3.36. The van der Waals surface area contributed by atoms with Crippen LogP contribution in [-0.4, -0.2) is 52.1 Å². The van der Waals surface area contributed by atoms with Crippen LogP contribution in [0, 0.1) is 11.6 Å². The molecular weight excluding hydrogens is 426 g/mol. The Bertz CT molecular complexity index is 1350. The number of rotatable bonds is 6. The first-order valence-electron chi connectivity index (χ1n) is 11.0. The van der Waals surface area contributed by atoms with E-state index in [0.29, 0.717) is 38.0 Å². The van der Waals surface area contributed by atoms with Gasteiger partial charge >= 0.3 is 0 Å². The van der Waals surface area contributed by atoms with E-state index in [2.05, 4.69) is 16.4 Å². The van der Waals surface area contributed by atoms with Gasteiger partial charge in [-0.15, -0.1) is 0 Å². The van der Waals surface area contributed by atoms with E-state index in [1.807, 2.05) is 18.2 Å². The Morgan fingerprint density at radius 3 is 2.85 bits per heavy atom. The minimum absolute atomic E-state index is 0.0243. The number of para-hydroxylation sites is 1. The summed E-state index contributed by atoms with van der Waals surface area (Å²) in [7, 11) is 0. The molecule has 6 nitrogen and oxygen atoms in total. The molecule has 0 saturated heterocycles. The lowest BCUT2D eigenvalue weighted by molar-refractivity contribution is -0.131. The molecule has 2 aromatic carbocycles. The van der Waals surface area contributed by atoms with Gasteiger partial charge < -0.3 is 20.3 Å². The predicted molar refractivity (Wildman–Crippen MR) is 122 cm³/mol. The fourth-order valence-corrected chi connectivity index (χ4v) is 4.58. The molecule has 0 atom stereocenters. The number of carbonyl (C=O) groups is 1. The van der Waals surface area contributed by atoms with Gasteiger partial charge in [0.05, 0.1) is 36.6 Å². The molecule has 0 aliphatic carbocycles. The van der Waals surface area contributed by atoms with Gasteiger partial charge in [0.25, 0.3) is 0 Å². The van der Waals surface area contributed by atoms with Crippen molar-refractivity contribution >= 4 is 27.7 Å². The second-order valence-corrected chi connectivity index (χ2v) is 8.30. The van der Waals surface area contributed by atoms with Crippen molar-refractivity contribution in [3.8, 4) is 0 Å². The highest BCUT2D eigenvalue weighted by atomic mass is 19.2. The average Bonchev–Trinajstić information content (AvgIpc) is 3.21. The number of nitrogens with one attached hydrogen (secondary N) is 2. The number of fused-ring (bicyclic) bond motifs is 5. The molecule has 170 valence electrons. The monoisotopic (exact) mass is 450 g/mol. The topological polar surface area (TPSA) is 81.2 Å². The van der Waals surface area contributed by atoms with Gasteiger partial charge in [-0.2, -0.15) is 0 Å². The highest BCUT2D eigenvalue weighted by Crippen LogP contribution is 2.35. The first-order chi connectivity index (χ1) is 16.0. The molecule has 8 heteroatoms. The number of aromatic nitrogens is 2. The number of hydrogen-bond acceptors (Lipinski definition) is 4. The van der Waals surface area contributed by atoms with Crippen molar-refractivity contribution in [1.82, 2.24) is 20.2 Å². The molecular formula is C25H24F2N4O2. The van der Waals surface area contributed by atoms with E-state index in [4.69, 9.17) is 10.1 Å². The maximum Gasteiger partial charge on any atom is 0.236 e. The van der Waals surface area contributed by atoms with Crippen molar-refractivity contribution in [1.29, 1.82) is 0 Å². The summed E-state index contributed by atoms with van der Waals surface area (Å²) >= 11 is 0. The summed E-state index contributed by atoms with van der Waals surface area (Å²) in [5.74, 6) is -1.81. The van der Waals surface area contributed by atoms with Crippen LogP contribution in [0.5, 0.6) is 0 Å². The fourth-order valence-electron chi connectivity index (χ4n) is 4.58. The van der Waals surface area contributed by atoms with Crippen molar-refractivity contribution in [2.24, 2.45) is 0 Å². The molecule has 0 radical (unpaired) electrons. The molecule has 4 aromatic rings. The number of pyridine rings is 1. The quantitative estimate of drug-likeness (QED) is 0.395. The van der Waals surface area contributed by atoms with Crippen LogP contribution in [0.3, 0.4) is 0 Å². The molecule has 2 aromatic heterocycles. The van der Waals surface area contributed by atoms with Crippen LogP contribution in [0.1, 0.15) is 22.5 Å². The van der Waals surface area contributed by atoms with Crippen LogP contribution in [0.4, 0.5) is 8.78 Å². The molecule has 0 spiro atoms.